The van der Waals surface area contributed by atoms with E-state index in [1.54, 1.807) is 7.11 Å². The van der Waals surface area contributed by atoms with Gasteiger partial charge in [-0.2, -0.15) is 0 Å². The van der Waals surface area contributed by atoms with Gasteiger partial charge >= 0.3 is 0 Å². The Bertz CT molecular complexity index is 30.0. The van der Waals surface area contributed by atoms with Crippen LogP contribution in [-0.4, -0.2) is 13.3 Å². The van der Waals surface area contributed by atoms with Crippen molar-refractivity contribution in [3.8, 4) is 0 Å². The van der Waals surface area contributed by atoms with Crippen LogP contribution in [0.5, 0.6) is 0 Å². The smallest absolute Gasteiger partial charge is 0.123 e. The molecule has 3 heteroatoms. The van der Waals surface area contributed by atoms with Crippen LogP contribution in [-0.2, 0) is 4.52 Å². The third kappa shape index (κ3) is 2.89. The monoisotopic (exact) mass is 126 g/mol. The highest BCUT2D eigenvalue weighted by atomic mass is 35.7. The number of hydrogen-bond acceptors (Lipinski definition) is 1. The third-order valence-corrected chi connectivity index (χ3v) is 2.47. The summed E-state index contributed by atoms with van der Waals surface area (Å²) < 4.78 is 4.73. The van der Waals surface area contributed by atoms with Crippen LogP contribution in [0.4, 0.5) is 0 Å². The van der Waals surface area contributed by atoms with Crippen molar-refractivity contribution in [2.24, 2.45) is 0 Å². The standard InChI is InChI=1S/C3H8ClOP/c1-3-6(4)5-2/h3H2,1-2H3. The van der Waals surface area contributed by atoms with Crippen molar-refractivity contribution >= 4 is 18.7 Å². The van der Waals surface area contributed by atoms with E-state index in [0.29, 0.717) is 0 Å². The zero-order valence-corrected chi connectivity index (χ0v) is 5.59. The number of hydrogen-bond donors (Lipinski definition) is 0. The SMILES string of the molecule is CCP(Cl)OC. The molecule has 1 unspecified atom stereocenters. The van der Waals surface area contributed by atoms with E-state index < -0.39 is 7.50 Å². The summed E-state index contributed by atoms with van der Waals surface area (Å²) in [6.45, 7) is 2.00. The molecule has 0 bridgehead atoms. The van der Waals surface area contributed by atoms with Crippen LogP contribution in [0.3, 0.4) is 0 Å². The molecule has 0 rings (SSSR count). The fraction of sp³-hybridized carbons (Fsp3) is 1.00. The molecule has 0 amide bonds. The first-order chi connectivity index (χ1) is 2.81. The molecule has 0 aliphatic carbocycles. The fourth-order valence-electron chi connectivity index (χ4n) is 0.129. The Kier molecular flexibility index (Phi) is 4.29. The summed E-state index contributed by atoms with van der Waals surface area (Å²) >= 11 is 5.49. The van der Waals surface area contributed by atoms with Gasteiger partial charge in [0.25, 0.3) is 0 Å². The predicted octanol–water partition coefficient (Wildman–Crippen LogP) is 2.20. The van der Waals surface area contributed by atoms with E-state index in [4.69, 9.17) is 15.8 Å². The minimum Gasteiger partial charge on any atom is -0.346 e. The molecule has 1 nitrogen and oxygen atoms in total. The Labute approximate surface area is 44.3 Å². The van der Waals surface area contributed by atoms with Crippen molar-refractivity contribution < 1.29 is 4.52 Å². The molecule has 0 saturated carbocycles. The maximum Gasteiger partial charge on any atom is 0.123 e. The average Bonchev–Trinajstić information content (AvgIpc) is 1.65. The molecule has 0 aliphatic heterocycles. The van der Waals surface area contributed by atoms with Gasteiger partial charge in [0.05, 0.1) is 0 Å². The lowest BCUT2D eigenvalue weighted by Crippen LogP contribution is -1.69. The Balaban J connectivity index is 2.75. The van der Waals surface area contributed by atoms with Crippen LogP contribution >= 0.6 is 18.7 Å². The molecule has 0 aromatic rings. The van der Waals surface area contributed by atoms with E-state index >= 15 is 0 Å². The first-order valence-electron chi connectivity index (χ1n) is 1.78. The zero-order valence-electron chi connectivity index (χ0n) is 3.94. The van der Waals surface area contributed by atoms with Crippen molar-refractivity contribution in [2.75, 3.05) is 13.3 Å². The first-order valence-corrected chi connectivity index (χ1v) is 4.13. The van der Waals surface area contributed by atoms with E-state index in [2.05, 4.69) is 0 Å². The lowest BCUT2D eigenvalue weighted by atomic mass is 11.0. The van der Waals surface area contributed by atoms with E-state index in [9.17, 15) is 0 Å². The van der Waals surface area contributed by atoms with Gasteiger partial charge in [-0.15, -0.1) is 0 Å². The van der Waals surface area contributed by atoms with Gasteiger partial charge in [0.1, 0.15) is 7.50 Å². The van der Waals surface area contributed by atoms with Crippen molar-refractivity contribution in [3.63, 3.8) is 0 Å². The van der Waals surface area contributed by atoms with Gasteiger partial charge in [-0.25, -0.2) is 0 Å². The summed E-state index contributed by atoms with van der Waals surface area (Å²) in [5, 5.41) is 0. The minimum atomic E-state index is -0.604. The molecule has 0 heterocycles. The van der Waals surface area contributed by atoms with Crippen molar-refractivity contribution in [2.45, 2.75) is 6.92 Å². The van der Waals surface area contributed by atoms with Gasteiger partial charge in [-0.3, -0.25) is 0 Å². The normalized spacial score (nSPS) is 14.5. The second kappa shape index (κ2) is 3.86. The van der Waals surface area contributed by atoms with Gasteiger partial charge < -0.3 is 4.52 Å². The van der Waals surface area contributed by atoms with E-state index in [1.165, 1.54) is 0 Å². The Morgan fingerprint density at radius 1 is 1.83 bits per heavy atom. The lowest BCUT2D eigenvalue weighted by molar-refractivity contribution is 0.472. The summed E-state index contributed by atoms with van der Waals surface area (Å²) in [5.74, 6) is 0. The van der Waals surface area contributed by atoms with Gasteiger partial charge in [0.15, 0.2) is 0 Å². The maximum atomic E-state index is 5.49. The number of halogens is 1. The van der Waals surface area contributed by atoms with E-state index in [1.807, 2.05) is 6.92 Å². The van der Waals surface area contributed by atoms with Gasteiger partial charge in [0, 0.05) is 13.3 Å². The van der Waals surface area contributed by atoms with Crippen molar-refractivity contribution in [1.29, 1.82) is 0 Å². The third-order valence-electron chi connectivity index (χ3n) is 0.447. The number of rotatable bonds is 2. The second-order valence-electron chi connectivity index (χ2n) is 0.816. The molecule has 1 atom stereocenters. The van der Waals surface area contributed by atoms with E-state index in [-0.39, 0.29) is 0 Å². The van der Waals surface area contributed by atoms with E-state index in [0.717, 1.165) is 6.16 Å². The molecule has 0 saturated heterocycles. The van der Waals surface area contributed by atoms with Crippen LogP contribution in [0.15, 0.2) is 0 Å². The fourth-order valence-corrected chi connectivity index (χ4v) is 0.387. The summed E-state index contributed by atoms with van der Waals surface area (Å²) in [4.78, 5) is 0. The summed E-state index contributed by atoms with van der Waals surface area (Å²) in [5.41, 5.74) is 0. The molecule has 0 aliphatic rings. The summed E-state index contributed by atoms with van der Waals surface area (Å²) in [6, 6.07) is 0. The van der Waals surface area contributed by atoms with Crippen LogP contribution < -0.4 is 0 Å². The molecule has 0 spiro atoms. The molecule has 0 fully saturated rings. The largest absolute Gasteiger partial charge is 0.346 e. The quantitative estimate of drug-likeness (QED) is 0.516. The highest BCUT2D eigenvalue weighted by molar-refractivity contribution is 7.80. The summed E-state index contributed by atoms with van der Waals surface area (Å²) in [7, 11) is 1.02. The molecule has 38 valence electrons. The van der Waals surface area contributed by atoms with Crippen molar-refractivity contribution in [3.05, 3.63) is 0 Å². The van der Waals surface area contributed by atoms with Crippen molar-refractivity contribution in [1.82, 2.24) is 0 Å². The lowest BCUT2D eigenvalue weighted by Gasteiger charge is -1.97. The molecule has 0 aromatic carbocycles. The van der Waals surface area contributed by atoms with Gasteiger partial charge in [-0.05, 0) is 0 Å². The Hall–Kier alpha value is 0.680. The van der Waals surface area contributed by atoms with Crippen LogP contribution in [0.25, 0.3) is 0 Å². The highest BCUT2D eigenvalue weighted by Gasteiger charge is 1.92. The second-order valence-corrected chi connectivity index (χ2v) is 3.58. The topological polar surface area (TPSA) is 9.23 Å². The highest BCUT2D eigenvalue weighted by Crippen LogP contribution is 2.40. The van der Waals surface area contributed by atoms with Gasteiger partial charge in [0.2, 0.25) is 0 Å². The molecule has 0 N–H and O–H groups in total. The zero-order chi connectivity index (χ0) is 4.99. The average molecular weight is 127 g/mol. The molecule has 6 heavy (non-hydrogen) atoms. The minimum absolute atomic E-state index is 0.604. The molecular formula is C3H8ClOP. The first kappa shape index (κ1) is 6.68. The van der Waals surface area contributed by atoms with Crippen LogP contribution in [0.1, 0.15) is 6.92 Å². The molecular weight excluding hydrogens is 118 g/mol. The summed E-state index contributed by atoms with van der Waals surface area (Å²) in [6.07, 6.45) is 0.938. The maximum absolute atomic E-state index is 5.49. The van der Waals surface area contributed by atoms with Gasteiger partial charge in [-0.1, -0.05) is 18.2 Å². The van der Waals surface area contributed by atoms with Crippen LogP contribution in [0, 0.1) is 0 Å². The predicted molar refractivity (Wildman–Crippen MR) is 30.3 cm³/mol. The molecule has 0 radical (unpaired) electrons. The van der Waals surface area contributed by atoms with Crippen LogP contribution in [0.2, 0.25) is 0 Å². The Morgan fingerprint density at radius 3 is 2.33 bits per heavy atom. The molecule has 0 aromatic heterocycles. The Morgan fingerprint density at radius 2 is 2.33 bits per heavy atom.